The third-order valence-electron chi connectivity index (χ3n) is 4.83. The van der Waals surface area contributed by atoms with Crippen LogP contribution in [0.4, 0.5) is 5.69 Å². The molecule has 2 aliphatic rings. The SMILES string of the molecule is Cc1ccc(CC(=O)N2CCN(c3ccc4c(c3)OCO4)CC2)cc1. The lowest BCUT2D eigenvalue weighted by molar-refractivity contribution is -0.130. The molecule has 0 saturated carbocycles. The van der Waals surface area contributed by atoms with E-state index in [1.807, 2.05) is 29.2 Å². The first kappa shape index (κ1) is 15.8. The van der Waals surface area contributed by atoms with Gasteiger partial charge in [-0.3, -0.25) is 4.79 Å². The summed E-state index contributed by atoms with van der Waals surface area (Å²) in [5, 5.41) is 0. The highest BCUT2D eigenvalue weighted by Crippen LogP contribution is 2.35. The lowest BCUT2D eigenvalue weighted by atomic mass is 10.1. The third-order valence-corrected chi connectivity index (χ3v) is 4.83. The molecule has 25 heavy (non-hydrogen) atoms. The van der Waals surface area contributed by atoms with Crippen molar-refractivity contribution in [2.24, 2.45) is 0 Å². The summed E-state index contributed by atoms with van der Waals surface area (Å²) in [6.45, 7) is 5.51. The summed E-state index contributed by atoms with van der Waals surface area (Å²) in [5.74, 6) is 1.81. The van der Waals surface area contributed by atoms with Crippen molar-refractivity contribution in [2.75, 3.05) is 37.9 Å². The molecule has 1 saturated heterocycles. The van der Waals surface area contributed by atoms with Crippen molar-refractivity contribution in [3.8, 4) is 11.5 Å². The first-order valence-corrected chi connectivity index (χ1v) is 8.67. The number of ether oxygens (including phenoxy) is 2. The van der Waals surface area contributed by atoms with E-state index in [2.05, 4.69) is 30.0 Å². The number of anilines is 1. The fourth-order valence-corrected chi connectivity index (χ4v) is 3.29. The van der Waals surface area contributed by atoms with E-state index in [1.54, 1.807) is 0 Å². The molecule has 0 bridgehead atoms. The number of carbonyl (C=O) groups is 1. The topological polar surface area (TPSA) is 42.0 Å². The summed E-state index contributed by atoms with van der Waals surface area (Å²) < 4.78 is 10.8. The van der Waals surface area contributed by atoms with Crippen molar-refractivity contribution < 1.29 is 14.3 Å². The van der Waals surface area contributed by atoms with E-state index in [9.17, 15) is 4.79 Å². The van der Waals surface area contributed by atoms with Gasteiger partial charge < -0.3 is 19.3 Å². The maximum atomic E-state index is 12.5. The van der Waals surface area contributed by atoms with Gasteiger partial charge in [-0.15, -0.1) is 0 Å². The van der Waals surface area contributed by atoms with Crippen molar-refractivity contribution in [1.29, 1.82) is 0 Å². The summed E-state index contributed by atoms with van der Waals surface area (Å²) >= 11 is 0. The van der Waals surface area contributed by atoms with Gasteiger partial charge >= 0.3 is 0 Å². The lowest BCUT2D eigenvalue weighted by Crippen LogP contribution is -2.49. The van der Waals surface area contributed by atoms with Gasteiger partial charge in [0.15, 0.2) is 11.5 Å². The number of aryl methyl sites for hydroxylation is 1. The van der Waals surface area contributed by atoms with Crippen molar-refractivity contribution in [3.05, 3.63) is 53.6 Å². The van der Waals surface area contributed by atoms with Gasteiger partial charge in [0.05, 0.1) is 6.42 Å². The Balaban J connectivity index is 1.34. The van der Waals surface area contributed by atoms with Crippen LogP contribution in [0.1, 0.15) is 11.1 Å². The zero-order chi connectivity index (χ0) is 17.2. The second-order valence-corrected chi connectivity index (χ2v) is 6.57. The molecular formula is C20H22N2O3. The highest BCUT2D eigenvalue weighted by Gasteiger charge is 2.23. The number of benzene rings is 2. The van der Waals surface area contributed by atoms with E-state index in [0.717, 1.165) is 48.9 Å². The Kier molecular flexibility index (Phi) is 4.22. The van der Waals surface area contributed by atoms with Crippen LogP contribution in [0.3, 0.4) is 0 Å². The molecule has 2 aliphatic heterocycles. The Labute approximate surface area is 147 Å². The fourth-order valence-electron chi connectivity index (χ4n) is 3.29. The van der Waals surface area contributed by atoms with E-state index in [-0.39, 0.29) is 5.91 Å². The van der Waals surface area contributed by atoms with Gasteiger partial charge in [0.1, 0.15) is 0 Å². The minimum absolute atomic E-state index is 0.203. The van der Waals surface area contributed by atoms with Gasteiger partial charge in [0.2, 0.25) is 12.7 Å². The third kappa shape index (κ3) is 3.40. The number of hydrogen-bond acceptors (Lipinski definition) is 4. The molecule has 2 heterocycles. The van der Waals surface area contributed by atoms with Gasteiger partial charge in [0.25, 0.3) is 0 Å². The van der Waals surface area contributed by atoms with Gasteiger partial charge in [-0.1, -0.05) is 29.8 Å². The zero-order valence-electron chi connectivity index (χ0n) is 14.4. The van der Waals surface area contributed by atoms with Gasteiger partial charge in [0, 0.05) is 37.9 Å². The molecule has 1 fully saturated rings. The molecule has 0 N–H and O–H groups in total. The first-order chi connectivity index (χ1) is 12.2. The van der Waals surface area contributed by atoms with E-state index < -0.39 is 0 Å². The monoisotopic (exact) mass is 338 g/mol. The molecule has 0 aliphatic carbocycles. The van der Waals surface area contributed by atoms with E-state index in [1.165, 1.54) is 5.56 Å². The average Bonchev–Trinajstić information content (AvgIpc) is 3.11. The molecule has 0 unspecified atom stereocenters. The molecule has 1 amide bonds. The Morgan fingerprint density at radius 1 is 0.960 bits per heavy atom. The molecule has 2 aromatic carbocycles. The van der Waals surface area contributed by atoms with Crippen molar-refractivity contribution in [1.82, 2.24) is 4.90 Å². The maximum absolute atomic E-state index is 12.5. The smallest absolute Gasteiger partial charge is 0.231 e. The molecule has 4 rings (SSSR count). The number of fused-ring (bicyclic) bond motifs is 1. The van der Waals surface area contributed by atoms with Crippen LogP contribution in [0.25, 0.3) is 0 Å². The van der Waals surface area contributed by atoms with Crippen LogP contribution < -0.4 is 14.4 Å². The number of amides is 1. The molecule has 5 nitrogen and oxygen atoms in total. The van der Waals surface area contributed by atoms with Crippen molar-refractivity contribution >= 4 is 11.6 Å². The molecule has 130 valence electrons. The quantitative estimate of drug-likeness (QED) is 0.863. The van der Waals surface area contributed by atoms with E-state index in [0.29, 0.717) is 13.2 Å². The largest absolute Gasteiger partial charge is 0.454 e. The lowest BCUT2D eigenvalue weighted by Gasteiger charge is -2.36. The van der Waals surface area contributed by atoms with Gasteiger partial charge in [-0.2, -0.15) is 0 Å². The molecule has 0 radical (unpaired) electrons. The zero-order valence-corrected chi connectivity index (χ0v) is 14.4. The molecule has 0 atom stereocenters. The van der Waals surface area contributed by atoms with E-state index >= 15 is 0 Å². The van der Waals surface area contributed by atoms with Gasteiger partial charge in [-0.05, 0) is 24.6 Å². The predicted octanol–water partition coefficient (Wildman–Crippen LogP) is 2.62. The summed E-state index contributed by atoms with van der Waals surface area (Å²) in [5.41, 5.74) is 3.41. The van der Waals surface area contributed by atoms with Crippen molar-refractivity contribution in [2.45, 2.75) is 13.3 Å². The van der Waals surface area contributed by atoms with Crippen LogP contribution in [0.5, 0.6) is 11.5 Å². The Morgan fingerprint density at radius 2 is 1.68 bits per heavy atom. The summed E-state index contributed by atoms with van der Waals surface area (Å²) in [4.78, 5) is 16.8. The molecule has 0 aromatic heterocycles. The number of carbonyl (C=O) groups excluding carboxylic acids is 1. The number of hydrogen-bond donors (Lipinski definition) is 0. The average molecular weight is 338 g/mol. The van der Waals surface area contributed by atoms with Crippen LogP contribution in [0, 0.1) is 6.92 Å². The fraction of sp³-hybridized carbons (Fsp3) is 0.350. The van der Waals surface area contributed by atoms with Crippen LogP contribution in [-0.2, 0) is 11.2 Å². The summed E-state index contributed by atoms with van der Waals surface area (Å²) in [6.07, 6.45) is 0.476. The standard InChI is InChI=1S/C20H22N2O3/c1-15-2-4-16(5-3-15)12-20(23)22-10-8-21(9-11-22)17-6-7-18-19(13-17)25-14-24-18/h2-7,13H,8-12,14H2,1H3. The first-order valence-electron chi connectivity index (χ1n) is 8.67. The van der Waals surface area contributed by atoms with Crippen LogP contribution >= 0.6 is 0 Å². The van der Waals surface area contributed by atoms with Crippen molar-refractivity contribution in [3.63, 3.8) is 0 Å². The molecule has 0 spiro atoms. The summed E-state index contributed by atoms with van der Waals surface area (Å²) in [7, 11) is 0. The Bertz CT molecular complexity index is 765. The number of piperazine rings is 1. The second kappa shape index (κ2) is 6.67. The molecule has 2 aromatic rings. The van der Waals surface area contributed by atoms with E-state index in [4.69, 9.17) is 9.47 Å². The highest BCUT2D eigenvalue weighted by atomic mass is 16.7. The number of rotatable bonds is 3. The minimum atomic E-state index is 0.203. The van der Waals surface area contributed by atoms with Crippen LogP contribution in [0.2, 0.25) is 0 Å². The second-order valence-electron chi connectivity index (χ2n) is 6.57. The Hall–Kier alpha value is -2.69. The Morgan fingerprint density at radius 3 is 2.44 bits per heavy atom. The minimum Gasteiger partial charge on any atom is -0.454 e. The van der Waals surface area contributed by atoms with Crippen LogP contribution in [-0.4, -0.2) is 43.8 Å². The maximum Gasteiger partial charge on any atom is 0.231 e. The highest BCUT2D eigenvalue weighted by molar-refractivity contribution is 5.79. The normalized spacial score (nSPS) is 16.2. The molecular weight excluding hydrogens is 316 g/mol. The van der Waals surface area contributed by atoms with Crippen LogP contribution in [0.15, 0.2) is 42.5 Å². The summed E-state index contributed by atoms with van der Waals surface area (Å²) in [6, 6.07) is 14.2. The van der Waals surface area contributed by atoms with Gasteiger partial charge in [-0.25, -0.2) is 0 Å². The number of nitrogens with zero attached hydrogens (tertiary/aromatic N) is 2. The predicted molar refractivity (Wildman–Crippen MR) is 96.2 cm³/mol. The molecule has 5 heteroatoms.